The average molecular weight is 408 g/mol. The SMILES string of the molecule is O=C(CCCc1nc(-c2ccc(F)cc2)no1)Nc1cccc(NC(=O)C2CC2)c1. The van der Waals surface area contributed by atoms with Crippen molar-refractivity contribution in [2.45, 2.75) is 32.1 Å². The summed E-state index contributed by atoms with van der Waals surface area (Å²) in [5, 5.41) is 9.58. The first-order valence-corrected chi connectivity index (χ1v) is 9.86. The van der Waals surface area contributed by atoms with Crippen LogP contribution in [0.3, 0.4) is 0 Å². The van der Waals surface area contributed by atoms with E-state index in [0.717, 1.165) is 12.8 Å². The Kier molecular flexibility index (Phi) is 5.83. The second-order valence-electron chi connectivity index (χ2n) is 7.26. The Labute approximate surface area is 172 Å². The summed E-state index contributed by atoms with van der Waals surface area (Å²) in [6.07, 6.45) is 3.16. The van der Waals surface area contributed by atoms with E-state index in [1.807, 2.05) is 0 Å². The first-order chi connectivity index (χ1) is 14.6. The highest BCUT2D eigenvalue weighted by molar-refractivity contribution is 5.95. The highest BCUT2D eigenvalue weighted by Gasteiger charge is 2.29. The van der Waals surface area contributed by atoms with Gasteiger partial charge in [-0.3, -0.25) is 9.59 Å². The van der Waals surface area contributed by atoms with Crippen LogP contribution in [0.25, 0.3) is 11.4 Å². The molecule has 4 rings (SSSR count). The number of nitrogens with zero attached hydrogens (tertiary/aromatic N) is 2. The van der Waals surface area contributed by atoms with Crippen molar-refractivity contribution in [1.82, 2.24) is 10.1 Å². The molecule has 0 spiro atoms. The number of aryl methyl sites for hydroxylation is 1. The molecule has 1 fully saturated rings. The molecular formula is C22H21FN4O3. The molecule has 7 nitrogen and oxygen atoms in total. The number of nitrogens with one attached hydrogen (secondary N) is 2. The minimum absolute atomic E-state index is 0.0260. The van der Waals surface area contributed by atoms with E-state index in [4.69, 9.17) is 4.52 Å². The zero-order valence-corrected chi connectivity index (χ0v) is 16.2. The lowest BCUT2D eigenvalue weighted by atomic mass is 10.2. The molecule has 0 unspecified atom stereocenters. The molecule has 1 heterocycles. The molecule has 30 heavy (non-hydrogen) atoms. The van der Waals surface area contributed by atoms with Gasteiger partial charge in [-0.2, -0.15) is 4.98 Å². The maximum atomic E-state index is 13.0. The molecule has 0 saturated heterocycles. The maximum absolute atomic E-state index is 13.0. The number of carbonyl (C=O) groups is 2. The molecule has 0 bridgehead atoms. The summed E-state index contributed by atoms with van der Waals surface area (Å²) in [5.41, 5.74) is 1.96. The predicted octanol–water partition coefficient (Wildman–Crippen LogP) is 4.19. The van der Waals surface area contributed by atoms with Crippen LogP contribution in [0, 0.1) is 11.7 Å². The molecule has 2 amide bonds. The number of aromatic nitrogens is 2. The van der Waals surface area contributed by atoms with Gasteiger partial charge in [0.05, 0.1) is 0 Å². The number of hydrogen-bond donors (Lipinski definition) is 2. The van der Waals surface area contributed by atoms with E-state index < -0.39 is 0 Å². The Hall–Kier alpha value is -3.55. The number of halogens is 1. The molecule has 0 atom stereocenters. The zero-order valence-electron chi connectivity index (χ0n) is 16.2. The monoisotopic (exact) mass is 408 g/mol. The van der Waals surface area contributed by atoms with Gasteiger partial charge < -0.3 is 15.2 Å². The maximum Gasteiger partial charge on any atom is 0.227 e. The van der Waals surface area contributed by atoms with E-state index in [2.05, 4.69) is 20.8 Å². The lowest BCUT2D eigenvalue weighted by Crippen LogP contribution is -2.14. The summed E-state index contributed by atoms with van der Waals surface area (Å²) < 4.78 is 18.2. The van der Waals surface area contributed by atoms with Gasteiger partial charge in [0.2, 0.25) is 23.5 Å². The first kappa shape index (κ1) is 19.8. The highest BCUT2D eigenvalue weighted by atomic mass is 19.1. The minimum atomic E-state index is -0.329. The largest absolute Gasteiger partial charge is 0.339 e. The molecule has 3 aromatic rings. The van der Waals surface area contributed by atoms with Crippen molar-refractivity contribution < 1.29 is 18.5 Å². The van der Waals surface area contributed by atoms with Gasteiger partial charge in [0.15, 0.2) is 0 Å². The number of rotatable bonds is 8. The second kappa shape index (κ2) is 8.86. The number of carbonyl (C=O) groups excluding carboxylic acids is 2. The molecular weight excluding hydrogens is 387 g/mol. The van der Waals surface area contributed by atoms with Gasteiger partial charge in [-0.25, -0.2) is 4.39 Å². The molecule has 2 N–H and O–H groups in total. The Balaban J connectivity index is 1.24. The van der Waals surface area contributed by atoms with Crippen LogP contribution in [0.4, 0.5) is 15.8 Å². The van der Waals surface area contributed by atoms with Crippen LogP contribution in [-0.2, 0) is 16.0 Å². The molecule has 1 aromatic heterocycles. The predicted molar refractivity (Wildman–Crippen MR) is 109 cm³/mol. The third-order valence-electron chi connectivity index (χ3n) is 4.73. The molecule has 8 heteroatoms. The molecule has 154 valence electrons. The topological polar surface area (TPSA) is 97.1 Å². The third-order valence-corrected chi connectivity index (χ3v) is 4.73. The molecule has 1 aliphatic carbocycles. The second-order valence-corrected chi connectivity index (χ2v) is 7.26. The van der Waals surface area contributed by atoms with Gasteiger partial charge in [0.25, 0.3) is 0 Å². The summed E-state index contributed by atoms with van der Waals surface area (Å²) >= 11 is 0. The van der Waals surface area contributed by atoms with Crippen LogP contribution in [-0.4, -0.2) is 22.0 Å². The highest BCUT2D eigenvalue weighted by Crippen LogP contribution is 2.30. The van der Waals surface area contributed by atoms with Crippen molar-refractivity contribution >= 4 is 23.2 Å². The van der Waals surface area contributed by atoms with Crippen molar-refractivity contribution in [2.24, 2.45) is 5.92 Å². The molecule has 2 aromatic carbocycles. The van der Waals surface area contributed by atoms with E-state index in [0.29, 0.717) is 41.5 Å². The summed E-state index contributed by atoms with van der Waals surface area (Å²) in [4.78, 5) is 28.3. The van der Waals surface area contributed by atoms with Gasteiger partial charge in [-0.05, 0) is 61.7 Å². The van der Waals surface area contributed by atoms with Gasteiger partial charge in [-0.1, -0.05) is 11.2 Å². The van der Waals surface area contributed by atoms with E-state index in [1.54, 1.807) is 36.4 Å². The Morgan fingerprint density at radius 1 is 1.07 bits per heavy atom. The third kappa shape index (κ3) is 5.28. The lowest BCUT2D eigenvalue weighted by molar-refractivity contribution is -0.117. The Bertz CT molecular complexity index is 1040. The molecule has 0 radical (unpaired) electrons. The summed E-state index contributed by atoms with van der Waals surface area (Å²) in [5.74, 6) is 0.490. The van der Waals surface area contributed by atoms with Gasteiger partial charge in [-0.15, -0.1) is 0 Å². The number of amides is 2. The standard InChI is InChI=1S/C22H21FN4O3/c23-16-11-9-14(10-12-16)21-26-20(30-27-21)6-2-5-19(28)24-17-3-1-4-18(13-17)25-22(29)15-7-8-15/h1,3-4,9-13,15H,2,5-8H2,(H,24,28)(H,25,29). The van der Waals surface area contributed by atoms with Crippen LogP contribution in [0.5, 0.6) is 0 Å². The lowest BCUT2D eigenvalue weighted by Gasteiger charge is -2.08. The fourth-order valence-corrected chi connectivity index (χ4v) is 2.96. The van der Waals surface area contributed by atoms with Crippen molar-refractivity contribution in [3.8, 4) is 11.4 Å². The van der Waals surface area contributed by atoms with Gasteiger partial charge in [0.1, 0.15) is 5.82 Å². The fraction of sp³-hybridized carbons (Fsp3) is 0.273. The molecule has 1 aliphatic rings. The van der Waals surface area contributed by atoms with E-state index in [9.17, 15) is 14.0 Å². The van der Waals surface area contributed by atoms with Crippen LogP contribution in [0.1, 0.15) is 31.6 Å². The van der Waals surface area contributed by atoms with Crippen molar-refractivity contribution in [2.75, 3.05) is 10.6 Å². The van der Waals surface area contributed by atoms with Gasteiger partial charge >= 0.3 is 0 Å². The smallest absolute Gasteiger partial charge is 0.227 e. The summed E-state index contributed by atoms with van der Waals surface area (Å²) in [6, 6.07) is 12.9. The quantitative estimate of drug-likeness (QED) is 0.583. The Morgan fingerprint density at radius 3 is 2.53 bits per heavy atom. The van der Waals surface area contributed by atoms with E-state index >= 15 is 0 Å². The first-order valence-electron chi connectivity index (χ1n) is 9.86. The van der Waals surface area contributed by atoms with Crippen LogP contribution in [0.15, 0.2) is 53.1 Å². The number of anilines is 2. The normalized spacial score (nSPS) is 13.1. The average Bonchev–Trinajstić information content (AvgIpc) is 3.48. The number of hydrogen-bond acceptors (Lipinski definition) is 5. The zero-order chi connectivity index (χ0) is 20.9. The van der Waals surface area contributed by atoms with Crippen molar-refractivity contribution in [3.63, 3.8) is 0 Å². The molecule has 1 saturated carbocycles. The summed E-state index contributed by atoms with van der Waals surface area (Å²) in [7, 11) is 0. The molecule has 0 aliphatic heterocycles. The minimum Gasteiger partial charge on any atom is -0.339 e. The van der Waals surface area contributed by atoms with Crippen LogP contribution in [0.2, 0.25) is 0 Å². The number of benzene rings is 2. The van der Waals surface area contributed by atoms with E-state index in [1.165, 1.54) is 12.1 Å². The van der Waals surface area contributed by atoms with Crippen molar-refractivity contribution in [3.05, 3.63) is 60.2 Å². The van der Waals surface area contributed by atoms with Gasteiger partial charge in [0, 0.05) is 35.7 Å². The van der Waals surface area contributed by atoms with Crippen LogP contribution >= 0.6 is 0 Å². The Morgan fingerprint density at radius 2 is 1.80 bits per heavy atom. The van der Waals surface area contributed by atoms with Crippen LogP contribution < -0.4 is 10.6 Å². The summed E-state index contributed by atoms with van der Waals surface area (Å²) in [6.45, 7) is 0. The fourth-order valence-electron chi connectivity index (χ4n) is 2.96. The van der Waals surface area contributed by atoms with E-state index in [-0.39, 0.29) is 30.0 Å². The van der Waals surface area contributed by atoms with Crippen molar-refractivity contribution in [1.29, 1.82) is 0 Å².